The van der Waals surface area contributed by atoms with Crippen molar-refractivity contribution in [3.8, 4) is 11.5 Å². The van der Waals surface area contributed by atoms with Crippen molar-refractivity contribution >= 4 is 0 Å². The zero-order valence-electron chi connectivity index (χ0n) is 10.1. The van der Waals surface area contributed by atoms with Crippen molar-refractivity contribution in [3.05, 3.63) is 23.3 Å². The quantitative estimate of drug-likeness (QED) is 0.804. The number of methoxy groups -OCH3 is 1. The minimum atomic E-state index is 0.221. The summed E-state index contributed by atoms with van der Waals surface area (Å²) in [5.74, 6) is 1.72. The van der Waals surface area contributed by atoms with Gasteiger partial charge in [-0.3, -0.25) is 0 Å². The van der Waals surface area contributed by atoms with E-state index >= 15 is 0 Å². The summed E-state index contributed by atoms with van der Waals surface area (Å²) in [6.45, 7) is 5.26. The Balaban J connectivity index is 2.54. The predicted molar refractivity (Wildman–Crippen MR) is 63.9 cm³/mol. The number of aromatic hydroxyl groups is 1. The van der Waals surface area contributed by atoms with Crippen LogP contribution in [0.2, 0.25) is 0 Å². The van der Waals surface area contributed by atoms with E-state index in [0.717, 1.165) is 29.8 Å². The van der Waals surface area contributed by atoms with Crippen molar-refractivity contribution in [2.24, 2.45) is 5.92 Å². The van der Waals surface area contributed by atoms with Gasteiger partial charge in [-0.25, -0.2) is 0 Å². The predicted octanol–water partition coefficient (Wildman–Crippen LogP) is 2.24. The number of phenolic OH excluding ortho intramolecular Hbond substituents is 1. The molecule has 2 rings (SSSR count). The molecule has 1 heterocycles. The van der Waals surface area contributed by atoms with Gasteiger partial charge in [0.25, 0.3) is 0 Å². The summed E-state index contributed by atoms with van der Waals surface area (Å²) in [6.07, 6.45) is 0.913. The van der Waals surface area contributed by atoms with E-state index in [1.54, 1.807) is 13.2 Å². The first kappa shape index (κ1) is 11.3. The number of rotatable bonds is 2. The number of benzene rings is 1. The topological polar surface area (TPSA) is 41.5 Å². The fourth-order valence-electron chi connectivity index (χ4n) is 2.45. The molecule has 0 spiro atoms. The lowest BCUT2D eigenvalue weighted by Gasteiger charge is -2.31. The van der Waals surface area contributed by atoms with E-state index in [-0.39, 0.29) is 6.04 Å². The van der Waals surface area contributed by atoms with Crippen molar-refractivity contribution in [1.29, 1.82) is 0 Å². The molecule has 0 fully saturated rings. The highest BCUT2D eigenvalue weighted by molar-refractivity contribution is 5.51. The molecule has 0 saturated heterocycles. The standard InChI is InChI=1S/C13H19NO2/c1-8(2)13-12-9(6-7-14-13)11(16-3)5-4-10(12)15/h4-5,8,13-15H,6-7H2,1-3H3. The first-order chi connectivity index (χ1) is 7.65. The number of nitrogens with one attached hydrogen (secondary N) is 1. The fourth-order valence-corrected chi connectivity index (χ4v) is 2.45. The van der Waals surface area contributed by atoms with Gasteiger partial charge in [0, 0.05) is 17.2 Å². The monoisotopic (exact) mass is 221 g/mol. The molecule has 16 heavy (non-hydrogen) atoms. The summed E-state index contributed by atoms with van der Waals surface area (Å²) < 4.78 is 5.36. The van der Waals surface area contributed by atoms with Crippen LogP contribution in [-0.4, -0.2) is 18.8 Å². The molecule has 1 aliphatic heterocycles. The molecule has 1 atom stereocenters. The number of hydrogen-bond acceptors (Lipinski definition) is 3. The normalized spacial score (nSPS) is 19.6. The zero-order chi connectivity index (χ0) is 11.7. The second-order valence-corrected chi connectivity index (χ2v) is 4.60. The van der Waals surface area contributed by atoms with Crippen LogP contribution >= 0.6 is 0 Å². The largest absolute Gasteiger partial charge is 0.508 e. The smallest absolute Gasteiger partial charge is 0.122 e. The molecule has 0 saturated carbocycles. The molecule has 88 valence electrons. The SMILES string of the molecule is COc1ccc(O)c2c1CCNC2C(C)C. The number of phenols is 1. The van der Waals surface area contributed by atoms with E-state index in [4.69, 9.17) is 4.74 Å². The van der Waals surface area contributed by atoms with Gasteiger partial charge in [0.1, 0.15) is 11.5 Å². The molecule has 1 aromatic carbocycles. The van der Waals surface area contributed by atoms with Gasteiger partial charge in [-0.2, -0.15) is 0 Å². The average Bonchev–Trinajstić information content (AvgIpc) is 2.29. The van der Waals surface area contributed by atoms with Crippen LogP contribution in [0.3, 0.4) is 0 Å². The lowest BCUT2D eigenvalue weighted by Crippen LogP contribution is -2.33. The summed E-state index contributed by atoms with van der Waals surface area (Å²) in [7, 11) is 1.68. The van der Waals surface area contributed by atoms with Crippen molar-refractivity contribution in [2.75, 3.05) is 13.7 Å². The number of ether oxygens (including phenoxy) is 1. The number of hydrogen-bond donors (Lipinski definition) is 2. The van der Waals surface area contributed by atoms with Crippen LogP contribution in [0.25, 0.3) is 0 Å². The Labute approximate surface area is 96.4 Å². The van der Waals surface area contributed by atoms with Crippen LogP contribution < -0.4 is 10.1 Å². The van der Waals surface area contributed by atoms with Gasteiger partial charge >= 0.3 is 0 Å². The molecule has 3 heteroatoms. The maximum Gasteiger partial charge on any atom is 0.122 e. The van der Waals surface area contributed by atoms with Gasteiger partial charge in [-0.05, 0) is 31.0 Å². The van der Waals surface area contributed by atoms with E-state index in [2.05, 4.69) is 19.2 Å². The van der Waals surface area contributed by atoms with Gasteiger partial charge in [0.05, 0.1) is 7.11 Å². The Morgan fingerprint density at radius 1 is 1.44 bits per heavy atom. The summed E-state index contributed by atoms with van der Waals surface area (Å²) in [5.41, 5.74) is 2.17. The van der Waals surface area contributed by atoms with Gasteiger partial charge < -0.3 is 15.2 Å². The molecule has 0 radical (unpaired) electrons. The van der Waals surface area contributed by atoms with Gasteiger partial charge in [0.15, 0.2) is 0 Å². The Kier molecular flexibility index (Phi) is 3.06. The Bertz CT molecular complexity index is 388. The lowest BCUT2D eigenvalue weighted by molar-refractivity contribution is 0.356. The molecule has 0 bridgehead atoms. The van der Waals surface area contributed by atoms with Crippen LogP contribution in [0.1, 0.15) is 31.0 Å². The highest BCUT2D eigenvalue weighted by atomic mass is 16.5. The first-order valence-corrected chi connectivity index (χ1v) is 5.77. The zero-order valence-corrected chi connectivity index (χ0v) is 10.1. The third-order valence-corrected chi connectivity index (χ3v) is 3.23. The molecule has 1 unspecified atom stereocenters. The molecule has 0 amide bonds. The lowest BCUT2D eigenvalue weighted by atomic mass is 9.86. The summed E-state index contributed by atoms with van der Waals surface area (Å²) in [6, 6.07) is 3.79. The van der Waals surface area contributed by atoms with Crippen molar-refractivity contribution < 1.29 is 9.84 Å². The molecule has 1 aromatic rings. The summed E-state index contributed by atoms with van der Waals surface area (Å²) in [4.78, 5) is 0. The second kappa shape index (κ2) is 4.34. The van der Waals surface area contributed by atoms with Crippen LogP contribution in [0.15, 0.2) is 12.1 Å². The van der Waals surface area contributed by atoms with Crippen LogP contribution in [0.4, 0.5) is 0 Å². The molecular formula is C13H19NO2. The summed E-state index contributed by atoms with van der Waals surface area (Å²) in [5, 5.41) is 13.5. The molecule has 0 aliphatic carbocycles. The van der Waals surface area contributed by atoms with Crippen molar-refractivity contribution in [1.82, 2.24) is 5.32 Å². The van der Waals surface area contributed by atoms with Crippen molar-refractivity contribution in [3.63, 3.8) is 0 Å². The van der Waals surface area contributed by atoms with Gasteiger partial charge in [-0.15, -0.1) is 0 Å². The molecule has 3 nitrogen and oxygen atoms in total. The van der Waals surface area contributed by atoms with E-state index in [0.29, 0.717) is 11.7 Å². The Morgan fingerprint density at radius 3 is 2.81 bits per heavy atom. The van der Waals surface area contributed by atoms with Crippen LogP contribution in [0.5, 0.6) is 11.5 Å². The summed E-state index contributed by atoms with van der Waals surface area (Å²) >= 11 is 0. The molecular weight excluding hydrogens is 202 g/mol. The van der Waals surface area contributed by atoms with Crippen LogP contribution in [-0.2, 0) is 6.42 Å². The minimum absolute atomic E-state index is 0.221. The number of fused-ring (bicyclic) bond motifs is 1. The van der Waals surface area contributed by atoms with Gasteiger partial charge in [0.2, 0.25) is 0 Å². The maximum atomic E-state index is 10.0. The third-order valence-electron chi connectivity index (χ3n) is 3.23. The average molecular weight is 221 g/mol. The van der Waals surface area contributed by atoms with E-state index in [1.165, 1.54) is 0 Å². The van der Waals surface area contributed by atoms with Gasteiger partial charge in [-0.1, -0.05) is 13.8 Å². The second-order valence-electron chi connectivity index (χ2n) is 4.60. The fraction of sp³-hybridized carbons (Fsp3) is 0.538. The molecule has 1 aliphatic rings. The Morgan fingerprint density at radius 2 is 2.19 bits per heavy atom. The first-order valence-electron chi connectivity index (χ1n) is 5.77. The maximum absolute atomic E-state index is 10.0. The highest BCUT2D eigenvalue weighted by Gasteiger charge is 2.27. The van der Waals surface area contributed by atoms with E-state index in [9.17, 15) is 5.11 Å². The van der Waals surface area contributed by atoms with E-state index in [1.807, 2.05) is 6.07 Å². The molecule has 0 aromatic heterocycles. The molecule has 2 N–H and O–H groups in total. The van der Waals surface area contributed by atoms with E-state index < -0.39 is 0 Å². The third kappa shape index (κ3) is 1.76. The Hall–Kier alpha value is -1.22. The van der Waals surface area contributed by atoms with Crippen molar-refractivity contribution in [2.45, 2.75) is 26.3 Å². The minimum Gasteiger partial charge on any atom is -0.508 e. The highest BCUT2D eigenvalue weighted by Crippen LogP contribution is 2.39. The van der Waals surface area contributed by atoms with Crippen LogP contribution in [0, 0.1) is 5.92 Å².